The molecule has 4 rings (SSSR count). The molecular weight excluding hydrogens is 520 g/mol. The molecule has 1 aromatic heterocycles. The van der Waals surface area contributed by atoms with Gasteiger partial charge in [-0.2, -0.15) is 0 Å². The molecule has 1 aliphatic heterocycles. The van der Waals surface area contributed by atoms with Crippen molar-refractivity contribution in [3.05, 3.63) is 71.4 Å². The van der Waals surface area contributed by atoms with Crippen LogP contribution in [0.2, 0.25) is 5.02 Å². The number of halogens is 1. The van der Waals surface area contributed by atoms with E-state index in [1.807, 2.05) is 0 Å². The zero-order valence-electron chi connectivity index (χ0n) is 19.6. The molecule has 0 saturated carbocycles. The maximum Gasteiger partial charge on any atom is 0.274 e. The van der Waals surface area contributed by atoms with Gasteiger partial charge in [-0.15, -0.1) is 0 Å². The van der Waals surface area contributed by atoms with E-state index in [4.69, 9.17) is 27.3 Å². The zero-order chi connectivity index (χ0) is 26.8. The Hall–Kier alpha value is -4.00. The van der Waals surface area contributed by atoms with Crippen LogP contribution in [0, 0.1) is 0 Å². The number of aromatic nitrogens is 1. The Morgan fingerprint density at radius 1 is 1.14 bits per heavy atom. The highest BCUT2D eigenvalue weighted by molar-refractivity contribution is 7.89. The van der Waals surface area contributed by atoms with Crippen molar-refractivity contribution in [2.24, 2.45) is 10.3 Å². The van der Waals surface area contributed by atoms with Gasteiger partial charge >= 0.3 is 0 Å². The molecular formula is C24H23ClN6O5S. The second kappa shape index (κ2) is 10.2. The van der Waals surface area contributed by atoms with Gasteiger partial charge in [-0.1, -0.05) is 41.0 Å². The molecule has 3 aromatic rings. The summed E-state index contributed by atoms with van der Waals surface area (Å²) in [5, 5.41) is 15.1. The second-order valence-electron chi connectivity index (χ2n) is 8.37. The number of sulfonamides is 1. The van der Waals surface area contributed by atoms with Gasteiger partial charge in [0.15, 0.2) is 0 Å². The third kappa shape index (κ3) is 5.71. The lowest BCUT2D eigenvalue weighted by atomic mass is 9.92. The highest BCUT2D eigenvalue weighted by atomic mass is 35.5. The minimum absolute atomic E-state index is 0.0417. The first-order valence-electron chi connectivity index (χ1n) is 10.9. The van der Waals surface area contributed by atoms with Crippen LogP contribution in [0.15, 0.2) is 70.8 Å². The number of pyridine rings is 1. The van der Waals surface area contributed by atoms with E-state index in [2.05, 4.69) is 20.8 Å². The van der Waals surface area contributed by atoms with Crippen LogP contribution in [0.3, 0.4) is 0 Å². The second-order valence-corrected chi connectivity index (χ2v) is 10.3. The number of hydrogen-bond acceptors (Lipinski definition) is 8. The van der Waals surface area contributed by atoms with Crippen molar-refractivity contribution in [2.45, 2.75) is 23.8 Å². The molecule has 0 unspecified atom stereocenters. The van der Waals surface area contributed by atoms with E-state index in [9.17, 15) is 18.0 Å². The highest BCUT2D eigenvalue weighted by Crippen LogP contribution is 2.31. The molecule has 1 aliphatic rings. The quantitative estimate of drug-likeness (QED) is 0.330. The van der Waals surface area contributed by atoms with Crippen LogP contribution in [0.5, 0.6) is 0 Å². The molecule has 11 nitrogen and oxygen atoms in total. The van der Waals surface area contributed by atoms with Gasteiger partial charge < -0.3 is 21.2 Å². The molecule has 6 N–H and O–H groups in total. The molecule has 2 aromatic carbocycles. The summed E-state index contributed by atoms with van der Waals surface area (Å²) < 4.78 is 23.9. The van der Waals surface area contributed by atoms with Gasteiger partial charge in [0.2, 0.25) is 21.5 Å². The summed E-state index contributed by atoms with van der Waals surface area (Å²) >= 11 is 6.00. The van der Waals surface area contributed by atoms with Crippen molar-refractivity contribution in [1.82, 2.24) is 10.3 Å². The topological polar surface area (TPSA) is 179 Å². The number of nitrogens with two attached hydrogens (primary N) is 2. The monoisotopic (exact) mass is 542 g/mol. The van der Waals surface area contributed by atoms with Gasteiger partial charge in [-0.05, 0) is 30.3 Å². The van der Waals surface area contributed by atoms with E-state index in [0.717, 1.165) is 0 Å². The predicted octanol–water partition coefficient (Wildman–Crippen LogP) is 2.27. The lowest BCUT2D eigenvalue weighted by molar-refractivity contribution is -0.138. The fourth-order valence-electron chi connectivity index (χ4n) is 3.73. The Labute approximate surface area is 217 Å². The number of oxime groups is 1. The Morgan fingerprint density at radius 3 is 2.51 bits per heavy atom. The SMILES string of the molecule is CC(=O)NC[C@]1(C(=O)Nc2ccc(-c3ccccc3S(N)(=O)=O)cn2)CC(c2ccc(Cl)c(N)c2)=NO1. The number of amides is 2. The molecule has 1 atom stereocenters. The standard InChI is InChI=1S/C24H23ClN6O5S/c1-14(32)29-13-24(11-20(31-36-24)15-6-8-18(25)19(26)10-15)23(33)30-22-9-7-16(12-28-22)17-4-2-3-5-21(17)37(27,34)35/h2-10,12H,11,13,26H2,1H3,(H,29,32)(H2,27,34,35)(H,28,30,33)/t24-/m0/s1. The van der Waals surface area contributed by atoms with Gasteiger partial charge in [0.25, 0.3) is 5.91 Å². The lowest BCUT2D eigenvalue weighted by Crippen LogP contribution is -2.51. The Morgan fingerprint density at radius 2 is 1.86 bits per heavy atom. The average Bonchev–Trinajstić information content (AvgIpc) is 3.30. The molecule has 0 spiro atoms. The van der Waals surface area contributed by atoms with Gasteiger partial charge in [0.05, 0.1) is 27.9 Å². The van der Waals surface area contributed by atoms with E-state index >= 15 is 0 Å². The fourth-order valence-corrected chi connectivity index (χ4v) is 4.61. The maximum absolute atomic E-state index is 13.3. The van der Waals surface area contributed by atoms with E-state index < -0.39 is 21.5 Å². The number of carbonyl (C=O) groups is 2. The summed E-state index contributed by atoms with van der Waals surface area (Å²) in [4.78, 5) is 34.7. The minimum atomic E-state index is -3.95. The number of benzene rings is 2. The average molecular weight is 543 g/mol. The molecule has 0 fully saturated rings. The Bertz CT molecular complexity index is 1510. The van der Waals surface area contributed by atoms with Crippen LogP contribution in [0.25, 0.3) is 11.1 Å². The molecule has 2 heterocycles. The number of nitrogens with zero attached hydrogens (tertiary/aromatic N) is 2. The number of anilines is 2. The normalized spacial score (nSPS) is 17.0. The van der Waals surface area contributed by atoms with Crippen molar-refractivity contribution in [1.29, 1.82) is 0 Å². The first-order valence-corrected chi connectivity index (χ1v) is 12.9. The summed E-state index contributed by atoms with van der Waals surface area (Å²) in [5.41, 5.74) is 6.62. The number of hydrogen-bond donors (Lipinski definition) is 4. The maximum atomic E-state index is 13.3. The third-order valence-corrected chi connectivity index (χ3v) is 6.97. The van der Waals surface area contributed by atoms with E-state index in [0.29, 0.717) is 33.1 Å². The number of rotatable bonds is 7. The largest absolute Gasteiger partial charge is 0.398 e. The van der Waals surface area contributed by atoms with Gasteiger partial charge in [-0.25, -0.2) is 18.5 Å². The van der Waals surface area contributed by atoms with Crippen LogP contribution in [0.1, 0.15) is 18.9 Å². The molecule has 192 valence electrons. The van der Waals surface area contributed by atoms with Crippen molar-refractivity contribution < 1.29 is 22.8 Å². The van der Waals surface area contributed by atoms with E-state index in [1.54, 1.807) is 42.5 Å². The van der Waals surface area contributed by atoms with Crippen LogP contribution >= 0.6 is 11.6 Å². The van der Waals surface area contributed by atoms with Gasteiger partial charge in [0, 0.05) is 36.2 Å². The smallest absolute Gasteiger partial charge is 0.274 e. The Kier molecular flexibility index (Phi) is 7.16. The van der Waals surface area contributed by atoms with E-state index in [-0.39, 0.29) is 29.6 Å². The van der Waals surface area contributed by atoms with Crippen molar-refractivity contribution >= 4 is 50.7 Å². The first-order chi connectivity index (χ1) is 17.5. The van der Waals surface area contributed by atoms with Crippen molar-refractivity contribution in [3.63, 3.8) is 0 Å². The summed E-state index contributed by atoms with van der Waals surface area (Å²) in [5.74, 6) is -0.764. The van der Waals surface area contributed by atoms with Crippen LogP contribution in [-0.4, -0.2) is 43.1 Å². The first kappa shape index (κ1) is 26.1. The van der Waals surface area contributed by atoms with Crippen LogP contribution < -0.4 is 21.5 Å². The van der Waals surface area contributed by atoms with Crippen molar-refractivity contribution in [3.8, 4) is 11.1 Å². The fraction of sp³-hybridized carbons (Fsp3) is 0.167. The predicted molar refractivity (Wildman–Crippen MR) is 139 cm³/mol. The highest BCUT2D eigenvalue weighted by Gasteiger charge is 2.47. The van der Waals surface area contributed by atoms with E-state index in [1.165, 1.54) is 25.3 Å². The van der Waals surface area contributed by atoms with Crippen LogP contribution in [-0.2, 0) is 24.4 Å². The third-order valence-electron chi connectivity index (χ3n) is 5.66. The molecule has 0 radical (unpaired) electrons. The molecule has 0 saturated heterocycles. The summed E-state index contributed by atoms with van der Waals surface area (Å²) in [6, 6.07) is 14.3. The molecule has 37 heavy (non-hydrogen) atoms. The molecule has 0 bridgehead atoms. The molecule has 0 aliphatic carbocycles. The number of carbonyl (C=O) groups excluding carboxylic acids is 2. The summed E-state index contributed by atoms with van der Waals surface area (Å²) in [6.07, 6.45) is 1.45. The van der Waals surface area contributed by atoms with Gasteiger partial charge in [0.1, 0.15) is 5.82 Å². The zero-order valence-corrected chi connectivity index (χ0v) is 21.1. The number of nitrogen functional groups attached to an aromatic ring is 1. The minimum Gasteiger partial charge on any atom is -0.398 e. The summed E-state index contributed by atoms with van der Waals surface area (Å²) in [6.45, 7) is 1.17. The number of nitrogens with one attached hydrogen (secondary N) is 2. The molecule has 2 amide bonds. The Balaban J connectivity index is 1.56. The summed E-state index contributed by atoms with van der Waals surface area (Å²) in [7, 11) is -3.95. The number of primary sulfonamides is 1. The van der Waals surface area contributed by atoms with Gasteiger partial charge in [-0.3, -0.25) is 9.59 Å². The lowest BCUT2D eigenvalue weighted by Gasteiger charge is -2.25. The molecule has 13 heteroatoms. The van der Waals surface area contributed by atoms with Crippen LogP contribution in [0.4, 0.5) is 11.5 Å². The van der Waals surface area contributed by atoms with Crippen molar-refractivity contribution in [2.75, 3.05) is 17.6 Å².